The molecule has 0 heterocycles. The first-order valence-corrected chi connectivity index (χ1v) is 5.98. The largest absolute Gasteiger partial charge is 0.462 e. The molecule has 0 aliphatic heterocycles. The van der Waals surface area contributed by atoms with Crippen molar-refractivity contribution in [3.63, 3.8) is 0 Å². The van der Waals surface area contributed by atoms with Crippen LogP contribution in [0.15, 0.2) is 11.1 Å². The fraction of sp³-hybridized carbons (Fsp3) is 0.615. The molecule has 0 spiro atoms. The second-order valence-electron chi connectivity index (χ2n) is 4.75. The number of hydrogen-bond acceptors (Lipinski definition) is 4. The molecule has 92 valence electrons. The van der Waals surface area contributed by atoms with Crippen molar-refractivity contribution in [1.29, 1.82) is 0 Å². The Kier molecular flexibility index (Phi) is 2.89. The van der Waals surface area contributed by atoms with Gasteiger partial charge in [0.1, 0.15) is 11.4 Å². The molecule has 0 amide bonds. The van der Waals surface area contributed by atoms with E-state index in [1.807, 2.05) is 6.92 Å². The van der Waals surface area contributed by atoms with Crippen molar-refractivity contribution >= 4 is 17.5 Å². The predicted octanol–water partition coefficient (Wildman–Crippen LogP) is 1.58. The molecule has 17 heavy (non-hydrogen) atoms. The van der Waals surface area contributed by atoms with Crippen LogP contribution in [0, 0.1) is 5.41 Å². The number of allylic oxidation sites excluding steroid dienone is 1. The second kappa shape index (κ2) is 4.09. The zero-order valence-electron chi connectivity index (χ0n) is 10.2. The highest BCUT2D eigenvalue weighted by Crippen LogP contribution is 2.48. The average Bonchev–Trinajstić information content (AvgIpc) is 2.57. The Bertz CT molecular complexity index is 433. The van der Waals surface area contributed by atoms with Crippen LogP contribution in [0.4, 0.5) is 0 Å². The molecule has 2 rings (SSSR count). The van der Waals surface area contributed by atoms with E-state index in [1.54, 1.807) is 6.92 Å². The molecular weight excluding hydrogens is 220 g/mol. The predicted molar refractivity (Wildman–Crippen MR) is 60.2 cm³/mol. The summed E-state index contributed by atoms with van der Waals surface area (Å²) in [5, 5.41) is 0. The lowest BCUT2D eigenvalue weighted by Crippen LogP contribution is -2.33. The summed E-state index contributed by atoms with van der Waals surface area (Å²) in [5.74, 6) is -0.597. The van der Waals surface area contributed by atoms with Crippen LogP contribution in [0.2, 0.25) is 0 Å². The first-order valence-electron chi connectivity index (χ1n) is 5.98. The number of ketones is 2. The van der Waals surface area contributed by atoms with Gasteiger partial charge < -0.3 is 4.74 Å². The molecule has 4 heteroatoms. The molecule has 2 aliphatic carbocycles. The number of carbonyl (C=O) groups excluding carboxylic acids is 3. The summed E-state index contributed by atoms with van der Waals surface area (Å²) in [6, 6.07) is 0. The van der Waals surface area contributed by atoms with Crippen molar-refractivity contribution in [2.45, 2.75) is 39.5 Å². The number of fused-ring (bicyclic) bond motifs is 1. The third kappa shape index (κ3) is 1.72. The molecule has 2 aliphatic rings. The Morgan fingerprint density at radius 2 is 2.00 bits per heavy atom. The summed E-state index contributed by atoms with van der Waals surface area (Å²) >= 11 is 0. The fourth-order valence-electron chi connectivity index (χ4n) is 2.75. The van der Waals surface area contributed by atoms with Crippen LogP contribution in [0.5, 0.6) is 0 Å². The van der Waals surface area contributed by atoms with Gasteiger partial charge in [0.15, 0.2) is 5.78 Å². The van der Waals surface area contributed by atoms with Crippen molar-refractivity contribution in [2.75, 3.05) is 6.61 Å². The van der Waals surface area contributed by atoms with Crippen molar-refractivity contribution in [1.82, 2.24) is 0 Å². The highest BCUT2D eigenvalue weighted by molar-refractivity contribution is 6.20. The highest BCUT2D eigenvalue weighted by Gasteiger charge is 2.48. The van der Waals surface area contributed by atoms with Crippen molar-refractivity contribution in [2.24, 2.45) is 5.41 Å². The molecular formula is C13H16O4. The molecule has 0 aromatic carbocycles. The van der Waals surface area contributed by atoms with Gasteiger partial charge in [0.2, 0.25) is 0 Å². The fourth-order valence-corrected chi connectivity index (χ4v) is 2.75. The number of hydrogen-bond donors (Lipinski definition) is 0. The third-order valence-electron chi connectivity index (χ3n) is 3.80. The second-order valence-corrected chi connectivity index (χ2v) is 4.75. The van der Waals surface area contributed by atoms with E-state index < -0.39 is 11.4 Å². The topological polar surface area (TPSA) is 60.4 Å². The Labute approximate surface area is 100 Å². The summed E-state index contributed by atoms with van der Waals surface area (Å²) in [4.78, 5) is 35.5. The zero-order chi connectivity index (χ0) is 12.6. The van der Waals surface area contributed by atoms with Crippen LogP contribution in [0.1, 0.15) is 39.5 Å². The molecule has 0 saturated heterocycles. The van der Waals surface area contributed by atoms with Crippen LogP contribution >= 0.6 is 0 Å². The quantitative estimate of drug-likeness (QED) is 0.539. The highest BCUT2D eigenvalue weighted by atomic mass is 16.5. The van der Waals surface area contributed by atoms with Crippen molar-refractivity contribution in [3.05, 3.63) is 11.1 Å². The van der Waals surface area contributed by atoms with E-state index in [-0.39, 0.29) is 30.2 Å². The zero-order valence-corrected chi connectivity index (χ0v) is 10.2. The molecule has 0 N–H and O–H groups in total. The molecule has 1 fully saturated rings. The minimum Gasteiger partial charge on any atom is -0.462 e. The minimum atomic E-state index is -0.601. The molecule has 0 radical (unpaired) electrons. The van der Waals surface area contributed by atoms with Gasteiger partial charge in [-0.1, -0.05) is 0 Å². The maximum absolute atomic E-state index is 11.9. The van der Waals surface area contributed by atoms with E-state index in [4.69, 9.17) is 4.74 Å². The number of carbonyl (C=O) groups is 3. The number of esters is 1. The van der Waals surface area contributed by atoms with Gasteiger partial charge >= 0.3 is 5.97 Å². The Morgan fingerprint density at radius 1 is 1.29 bits per heavy atom. The molecule has 0 bridgehead atoms. The lowest BCUT2D eigenvalue weighted by Gasteiger charge is -2.30. The summed E-state index contributed by atoms with van der Waals surface area (Å²) in [5.41, 5.74) is 0.249. The Balaban J connectivity index is 2.48. The van der Waals surface area contributed by atoms with E-state index in [9.17, 15) is 14.4 Å². The average molecular weight is 236 g/mol. The van der Waals surface area contributed by atoms with E-state index in [0.717, 1.165) is 0 Å². The van der Waals surface area contributed by atoms with E-state index in [2.05, 4.69) is 0 Å². The van der Waals surface area contributed by atoms with E-state index >= 15 is 0 Å². The molecule has 0 aromatic rings. The monoisotopic (exact) mass is 236 g/mol. The lowest BCUT2D eigenvalue weighted by molar-refractivity contribution is -0.140. The molecule has 0 aromatic heterocycles. The normalized spacial score (nSPS) is 28.4. The standard InChI is InChI=1S/C13H16O4/c1-3-17-12(16)11-8-4-5-10(15)13(8,2)7-6-9(11)14/h3-7H2,1-2H3. The van der Waals surface area contributed by atoms with Gasteiger partial charge in [-0.25, -0.2) is 4.79 Å². The Morgan fingerprint density at radius 3 is 2.65 bits per heavy atom. The van der Waals surface area contributed by atoms with Gasteiger partial charge in [0.05, 0.1) is 6.61 Å². The van der Waals surface area contributed by atoms with Gasteiger partial charge in [0, 0.05) is 18.3 Å². The smallest absolute Gasteiger partial charge is 0.341 e. The molecule has 4 nitrogen and oxygen atoms in total. The number of ether oxygens (including phenoxy) is 1. The number of rotatable bonds is 2. The van der Waals surface area contributed by atoms with Crippen LogP contribution in [-0.4, -0.2) is 24.1 Å². The first kappa shape index (κ1) is 12.0. The summed E-state index contributed by atoms with van der Waals surface area (Å²) in [7, 11) is 0. The summed E-state index contributed by atoms with van der Waals surface area (Å²) in [6.45, 7) is 3.78. The van der Waals surface area contributed by atoms with E-state index in [1.165, 1.54) is 0 Å². The van der Waals surface area contributed by atoms with Gasteiger partial charge in [-0.05, 0) is 32.3 Å². The van der Waals surface area contributed by atoms with Crippen LogP contribution in [0.3, 0.4) is 0 Å². The van der Waals surface area contributed by atoms with Crippen LogP contribution < -0.4 is 0 Å². The lowest BCUT2D eigenvalue weighted by atomic mass is 9.72. The maximum atomic E-state index is 11.9. The molecule has 1 saturated carbocycles. The first-order chi connectivity index (χ1) is 8.00. The third-order valence-corrected chi connectivity index (χ3v) is 3.80. The van der Waals surface area contributed by atoms with Crippen LogP contribution in [-0.2, 0) is 19.1 Å². The van der Waals surface area contributed by atoms with Gasteiger partial charge in [-0.2, -0.15) is 0 Å². The summed E-state index contributed by atoms with van der Waals surface area (Å²) in [6.07, 6.45) is 1.75. The minimum absolute atomic E-state index is 0.141. The van der Waals surface area contributed by atoms with Gasteiger partial charge in [-0.15, -0.1) is 0 Å². The van der Waals surface area contributed by atoms with Crippen molar-refractivity contribution < 1.29 is 19.1 Å². The van der Waals surface area contributed by atoms with Crippen molar-refractivity contribution in [3.8, 4) is 0 Å². The van der Waals surface area contributed by atoms with Crippen LogP contribution in [0.25, 0.3) is 0 Å². The summed E-state index contributed by atoms with van der Waals surface area (Å²) < 4.78 is 4.91. The van der Waals surface area contributed by atoms with Gasteiger partial charge in [0.25, 0.3) is 0 Å². The number of Topliss-reactive ketones (excluding diaryl/α,β-unsaturated/α-hetero) is 2. The SMILES string of the molecule is CCOC(=O)C1=C2CCC(=O)C2(C)CCC1=O. The molecule has 1 atom stereocenters. The maximum Gasteiger partial charge on any atom is 0.341 e. The van der Waals surface area contributed by atoms with E-state index in [0.29, 0.717) is 24.8 Å². The Hall–Kier alpha value is -1.45. The van der Waals surface area contributed by atoms with Gasteiger partial charge in [-0.3, -0.25) is 9.59 Å². The molecule has 1 unspecified atom stereocenters.